The Morgan fingerprint density at radius 2 is 1.86 bits per heavy atom. The van der Waals surface area contributed by atoms with E-state index in [1.165, 1.54) is 15.6 Å². The zero-order valence-corrected chi connectivity index (χ0v) is 15.6. The predicted octanol–water partition coefficient (Wildman–Crippen LogP) is 3.36. The number of nitrogens with one attached hydrogen (secondary N) is 1. The molecule has 122 valence electrons. The lowest BCUT2D eigenvalue weighted by Crippen LogP contribution is -2.35. The van der Waals surface area contributed by atoms with Gasteiger partial charge >= 0.3 is 0 Å². The summed E-state index contributed by atoms with van der Waals surface area (Å²) in [6.07, 6.45) is 1.66. The highest BCUT2D eigenvalue weighted by Gasteiger charge is 2.28. The van der Waals surface area contributed by atoms with Crippen molar-refractivity contribution in [3.05, 3.63) is 16.5 Å². The minimum absolute atomic E-state index is 0.0645. The monoisotopic (exact) mass is 332 g/mol. The van der Waals surface area contributed by atoms with Gasteiger partial charge in [0.2, 0.25) is 0 Å². The number of sulfonamides is 1. The highest BCUT2D eigenvalue weighted by atomic mass is 32.2. The third-order valence-corrected chi connectivity index (χ3v) is 7.36. The van der Waals surface area contributed by atoms with E-state index in [0.29, 0.717) is 10.3 Å². The van der Waals surface area contributed by atoms with Gasteiger partial charge in [-0.15, -0.1) is 11.3 Å². The van der Waals surface area contributed by atoms with Crippen LogP contribution in [0.4, 0.5) is 0 Å². The Bertz CT molecular complexity index is 546. The number of aryl methyl sites for hydroxylation is 1. The molecule has 0 aromatic carbocycles. The van der Waals surface area contributed by atoms with Crippen LogP contribution in [0.2, 0.25) is 0 Å². The van der Waals surface area contributed by atoms with Gasteiger partial charge in [0.15, 0.2) is 0 Å². The van der Waals surface area contributed by atoms with E-state index >= 15 is 0 Å². The fraction of sp³-hybridized carbons (Fsp3) is 0.733. The lowest BCUT2D eigenvalue weighted by molar-refractivity contribution is 0.350. The van der Waals surface area contributed by atoms with Gasteiger partial charge in [-0.05, 0) is 31.4 Å². The van der Waals surface area contributed by atoms with Gasteiger partial charge in [-0.3, -0.25) is 0 Å². The summed E-state index contributed by atoms with van der Waals surface area (Å²) in [4.78, 5) is 1.10. The molecule has 0 amide bonds. The van der Waals surface area contributed by atoms with E-state index in [4.69, 9.17) is 0 Å². The largest absolute Gasteiger partial charge is 0.310 e. The molecule has 0 saturated carbocycles. The van der Waals surface area contributed by atoms with Crippen molar-refractivity contribution in [3.8, 4) is 0 Å². The molecule has 6 heteroatoms. The van der Waals surface area contributed by atoms with E-state index in [1.807, 2.05) is 20.8 Å². The van der Waals surface area contributed by atoms with Crippen LogP contribution >= 0.6 is 11.3 Å². The molecule has 1 heterocycles. The van der Waals surface area contributed by atoms with Crippen molar-refractivity contribution < 1.29 is 8.42 Å². The van der Waals surface area contributed by atoms with Crippen LogP contribution in [0.15, 0.2) is 10.3 Å². The molecule has 0 bridgehead atoms. The maximum Gasteiger partial charge on any atom is 0.252 e. The minimum Gasteiger partial charge on any atom is -0.310 e. The summed E-state index contributed by atoms with van der Waals surface area (Å²) in [5.41, 5.74) is 1.05. The van der Waals surface area contributed by atoms with Gasteiger partial charge in [-0.25, -0.2) is 8.42 Å². The summed E-state index contributed by atoms with van der Waals surface area (Å²) < 4.78 is 27.4. The summed E-state index contributed by atoms with van der Waals surface area (Å²) in [6, 6.07) is 2.25. The summed E-state index contributed by atoms with van der Waals surface area (Å²) in [5.74, 6) is 0. The molecule has 0 aliphatic rings. The zero-order chi connectivity index (χ0) is 16.2. The smallest absolute Gasteiger partial charge is 0.252 e. The molecule has 0 aliphatic heterocycles. The summed E-state index contributed by atoms with van der Waals surface area (Å²) in [7, 11) is -1.69. The Labute approximate surface area is 133 Å². The second-order valence-corrected chi connectivity index (χ2v) is 9.06. The Balaban J connectivity index is 3.01. The van der Waals surface area contributed by atoms with E-state index in [2.05, 4.69) is 19.2 Å². The van der Waals surface area contributed by atoms with Crippen LogP contribution in [0.5, 0.6) is 0 Å². The standard InChI is InChI=1S/C15H28N2O2S2/c1-7-13(8-2)17(6)21(18,19)15-9-12(5)14(20-15)10-16-11(3)4/h9,11,13,16H,7-8,10H2,1-6H3. The van der Waals surface area contributed by atoms with Crippen LogP contribution in [0.3, 0.4) is 0 Å². The Morgan fingerprint density at radius 1 is 1.29 bits per heavy atom. The third-order valence-electron chi connectivity index (χ3n) is 3.76. The molecule has 0 atom stereocenters. The quantitative estimate of drug-likeness (QED) is 0.794. The van der Waals surface area contributed by atoms with Crippen LogP contribution in [0.25, 0.3) is 0 Å². The van der Waals surface area contributed by atoms with Crippen molar-refractivity contribution in [1.29, 1.82) is 0 Å². The van der Waals surface area contributed by atoms with E-state index in [0.717, 1.165) is 29.8 Å². The Hall–Kier alpha value is -0.430. The van der Waals surface area contributed by atoms with Gasteiger partial charge in [-0.1, -0.05) is 27.7 Å². The van der Waals surface area contributed by atoms with Crippen LogP contribution in [-0.2, 0) is 16.6 Å². The highest BCUT2D eigenvalue weighted by molar-refractivity contribution is 7.91. The molecule has 1 rings (SSSR count). The molecular weight excluding hydrogens is 304 g/mol. The molecule has 0 unspecified atom stereocenters. The van der Waals surface area contributed by atoms with Crippen LogP contribution < -0.4 is 5.32 Å². The Kier molecular flexibility index (Phi) is 6.84. The number of nitrogens with zero attached hydrogens (tertiary/aromatic N) is 1. The Morgan fingerprint density at radius 3 is 2.33 bits per heavy atom. The molecule has 1 aromatic heterocycles. The first-order chi connectivity index (χ1) is 9.73. The second-order valence-electron chi connectivity index (χ2n) is 5.70. The van der Waals surface area contributed by atoms with Crippen LogP contribution in [0, 0.1) is 6.92 Å². The number of rotatable bonds is 8. The van der Waals surface area contributed by atoms with Gasteiger partial charge in [0.1, 0.15) is 4.21 Å². The van der Waals surface area contributed by atoms with Gasteiger partial charge in [-0.2, -0.15) is 4.31 Å². The average molecular weight is 333 g/mol. The molecular formula is C15H28N2O2S2. The van der Waals surface area contributed by atoms with Gasteiger partial charge in [0, 0.05) is 30.6 Å². The summed E-state index contributed by atoms with van der Waals surface area (Å²) in [5, 5.41) is 3.34. The lowest BCUT2D eigenvalue weighted by Gasteiger charge is -2.24. The molecule has 1 N–H and O–H groups in total. The van der Waals surface area contributed by atoms with Gasteiger partial charge in [0.25, 0.3) is 10.0 Å². The first-order valence-corrected chi connectivity index (χ1v) is 9.80. The van der Waals surface area contributed by atoms with Crippen molar-refractivity contribution in [2.45, 2.75) is 70.3 Å². The van der Waals surface area contributed by atoms with E-state index < -0.39 is 10.0 Å². The van der Waals surface area contributed by atoms with Gasteiger partial charge < -0.3 is 5.32 Å². The number of hydrogen-bond donors (Lipinski definition) is 1. The molecule has 0 radical (unpaired) electrons. The summed E-state index contributed by atoms with van der Waals surface area (Å²) >= 11 is 1.38. The minimum atomic E-state index is -3.38. The molecule has 0 fully saturated rings. The molecule has 0 aliphatic carbocycles. The first kappa shape index (κ1) is 18.6. The molecule has 1 aromatic rings. The van der Waals surface area contributed by atoms with Crippen LogP contribution in [-0.4, -0.2) is 31.9 Å². The third kappa shape index (κ3) is 4.52. The molecule has 0 saturated heterocycles. The normalized spacial score (nSPS) is 12.8. The summed E-state index contributed by atoms with van der Waals surface area (Å²) in [6.45, 7) is 10.9. The fourth-order valence-electron chi connectivity index (χ4n) is 2.23. The molecule has 21 heavy (non-hydrogen) atoms. The van der Waals surface area contributed by atoms with Crippen molar-refractivity contribution in [2.24, 2.45) is 0 Å². The average Bonchev–Trinajstić information content (AvgIpc) is 2.79. The van der Waals surface area contributed by atoms with E-state index in [-0.39, 0.29) is 6.04 Å². The van der Waals surface area contributed by atoms with Gasteiger partial charge in [0.05, 0.1) is 0 Å². The van der Waals surface area contributed by atoms with E-state index in [9.17, 15) is 8.42 Å². The van der Waals surface area contributed by atoms with Crippen LogP contribution in [0.1, 0.15) is 51.0 Å². The topological polar surface area (TPSA) is 49.4 Å². The molecule has 0 spiro atoms. The SMILES string of the molecule is CCC(CC)N(C)S(=O)(=O)c1cc(C)c(CNC(C)C)s1. The maximum absolute atomic E-state index is 12.7. The van der Waals surface area contributed by atoms with Crippen molar-refractivity contribution in [1.82, 2.24) is 9.62 Å². The van der Waals surface area contributed by atoms with Crippen molar-refractivity contribution in [3.63, 3.8) is 0 Å². The van der Waals surface area contributed by atoms with Crippen molar-refractivity contribution >= 4 is 21.4 Å². The fourth-order valence-corrected chi connectivity index (χ4v) is 5.46. The maximum atomic E-state index is 12.7. The second kappa shape index (κ2) is 7.72. The first-order valence-electron chi connectivity index (χ1n) is 7.54. The molecule has 4 nitrogen and oxygen atoms in total. The van der Waals surface area contributed by atoms with Crippen molar-refractivity contribution in [2.75, 3.05) is 7.05 Å². The predicted molar refractivity (Wildman–Crippen MR) is 90.4 cm³/mol. The highest BCUT2D eigenvalue weighted by Crippen LogP contribution is 2.29. The number of hydrogen-bond acceptors (Lipinski definition) is 4. The van der Waals surface area contributed by atoms with E-state index in [1.54, 1.807) is 13.1 Å². The lowest BCUT2D eigenvalue weighted by atomic mass is 10.2. The number of thiophene rings is 1. The zero-order valence-electron chi connectivity index (χ0n) is 13.9.